The van der Waals surface area contributed by atoms with E-state index in [1.54, 1.807) is 24.0 Å². The van der Waals surface area contributed by atoms with Gasteiger partial charge in [-0.2, -0.15) is 0 Å². The van der Waals surface area contributed by atoms with Crippen LogP contribution in [0.5, 0.6) is 0 Å². The molecular formula is C23H29F2N5O2. The van der Waals surface area contributed by atoms with Crippen LogP contribution in [-0.4, -0.2) is 44.6 Å². The number of rotatable bonds is 2. The molecule has 0 unspecified atom stereocenters. The van der Waals surface area contributed by atoms with Crippen molar-refractivity contribution in [1.29, 1.82) is 0 Å². The van der Waals surface area contributed by atoms with Crippen LogP contribution in [0.15, 0.2) is 30.7 Å². The molecule has 172 valence electrons. The lowest BCUT2D eigenvalue weighted by Crippen LogP contribution is -2.35. The number of benzene rings is 1. The number of aromatic amines is 1. The normalized spacial score (nSPS) is 16.0. The molecule has 9 heteroatoms. The first-order valence-corrected chi connectivity index (χ1v) is 10.5. The molecule has 1 fully saturated rings. The minimum atomic E-state index is -0.481. The number of nitrogens with zero attached hydrogens (tertiary/aromatic N) is 3. The SMILES string of the molecule is C[C@H]1CCN(C(=O)OC(C)(C)C)C1.Cc1ccc(Nc2ncnc3[nH]cc(F)c23)c(F)c1. The molecule has 1 aliphatic rings. The average Bonchev–Trinajstić information content (AvgIpc) is 3.30. The quantitative estimate of drug-likeness (QED) is 0.540. The van der Waals surface area contributed by atoms with Crippen molar-refractivity contribution in [2.75, 3.05) is 18.4 Å². The molecule has 0 saturated carbocycles. The second-order valence-corrected chi connectivity index (χ2v) is 9.01. The number of anilines is 2. The minimum absolute atomic E-state index is 0.170. The molecule has 1 atom stereocenters. The van der Waals surface area contributed by atoms with Crippen LogP contribution in [-0.2, 0) is 4.74 Å². The summed E-state index contributed by atoms with van der Waals surface area (Å²) in [7, 11) is 0. The van der Waals surface area contributed by atoms with Gasteiger partial charge >= 0.3 is 6.09 Å². The first-order valence-electron chi connectivity index (χ1n) is 10.5. The number of likely N-dealkylation sites (tertiary alicyclic amines) is 1. The Kier molecular flexibility index (Phi) is 6.96. The Balaban J connectivity index is 0.000000195. The number of aromatic nitrogens is 3. The van der Waals surface area contributed by atoms with Gasteiger partial charge in [-0.3, -0.25) is 0 Å². The summed E-state index contributed by atoms with van der Waals surface area (Å²) in [6, 6.07) is 4.74. The molecule has 32 heavy (non-hydrogen) atoms. The molecule has 1 aliphatic heterocycles. The van der Waals surface area contributed by atoms with Gasteiger partial charge in [-0.25, -0.2) is 23.5 Å². The summed E-state index contributed by atoms with van der Waals surface area (Å²) in [5, 5.41) is 2.99. The number of nitrogens with one attached hydrogen (secondary N) is 2. The monoisotopic (exact) mass is 445 g/mol. The average molecular weight is 446 g/mol. The Morgan fingerprint density at radius 3 is 2.62 bits per heavy atom. The number of aryl methyl sites for hydroxylation is 1. The number of halogens is 2. The summed E-state index contributed by atoms with van der Waals surface area (Å²) in [5.74, 6) is -0.0488. The van der Waals surface area contributed by atoms with Gasteiger partial charge in [0.2, 0.25) is 0 Å². The van der Waals surface area contributed by atoms with Crippen molar-refractivity contribution in [2.24, 2.45) is 5.92 Å². The second-order valence-electron chi connectivity index (χ2n) is 9.01. The van der Waals surface area contributed by atoms with Crippen LogP contribution in [0.3, 0.4) is 0 Å². The lowest BCUT2D eigenvalue weighted by molar-refractivity contribution is 0.0289. The predicted molar refractivity (Wildman–Crippen MR) is 120 cm³/mol. The summed E-state index contributed by atoms with van der Waals surface area (Å²) < 4.78 is 32.6. The standard InChI is InChI=1S/C13H10F2N4.C10H19NO2/c1-7-2-3-10(8(14)4-7)19-13-11-9(15)5-16-12(11)17-6-18-13;1-8-5-6-11(7-8)9(12)13-10(2,3)4/h2-6H,1H3,(H2,16,17,18,19);8H,5-7H2,1-4H3/t;8-/m.0/s1. The lowest BCUT2D eigenvalue weighted by atomic mass is 10.2. The zero-order valence-corrected chi connectivity index (χ0v) is 19.0. The predicted octanol–water partition coefficient (Wildman–Crippen LogP) is 5.55. The van der Waals surface area contributed by atoms with E-state index < -0.39 is 11.6 Å². The Morgan fingerprint density at radius 1 is 1.25 bits per heavy atom. The van der Waals surface area contributed by atoms with Crippen LogP contribution >= 0.6 is 0 Å². The third kappa shape index (κ3) is 5.93. The van der Waals surface area contributed by atoms with Crippen LogP contribution in [0.1, 0.15) is 39.7 Å². The Morgan fingerprint density at radius 2 is 2.00 bits per heavy atom. The number of H-pyrrole nitrogens is 1. The summed E-state index contributed by atoms with van der Waals surface area (Å²) in [6.07, 6.45) is 3.40. The zero-order valence-electron chi connectivity index (χ0n) is 19.0. The van der Waals surface area contributed by atoms with Crippen LogP contribution in [0.4, 0.5) is 25.1 Å². The first-order chi connectivity index (χ1) is 15.0. The largest absolute Gasteiger partial charge is 0.444 e. The molecule has 2 N–H and O–H groups in total. The molecule has 2 aromatic heterocycles. The van der Waals surface area contributed by atoms with Crippen molar-refractivity contribution in [2.45, 2.75) is 46.6 Å². The molecule has 3 heterocycles. The number of carbonyl (C=O) groups excluding carboxylic acids is 1. The molecule has 3 aromatic rings. The van der Waals surface area contributed by atoms with E-state index in [1.807, 2.05) is 20.8 Å². The molecule has 1 amide bonds. The smallest absolute Gasteiger partial charge is 0.410 e. The van der Waals surface area contributed by atoms with Gasteiger partial charge in [-0.1, -0.05) is 13.0 Å². The number of hydrogen-bond donors (Lipinski definition) is 2. The molecule has 1 aromatic carbocycles. The fourth-order valence-electron chi connectivity index (χ4n) is 3.30. The number of carbonyl (C=O) groups is 1. The van der Waals surface area contributed by atoms with Crippen molar-refractivity contribution in [1.82, 2.24) is 19.9 Å². The summed E-state index contributed by atoms with van der Waals surface area (Å²) in [6.45, 7) is 11.3. The third-order valence-electron chi connectivity index (χ3n) is 4.87. The fraction of sp³-hybridized carbons (Fsp3) is 0.435. The third-order valence-corrected chi connectivity index (χ3v) is 4.87. The summed E-state index contributed by atoms with van der Waals surface area (Å²) in [4.78, 5) is 23.8. The van der Waals surface area contributed by atoms with Crippen LogP contribution in [0, 0.1) is 24.5 Å². The van der Waals surface area contributed by atoms with Crippen molar-refractivity contribution in [3.8, 4) is 0 Å². The Labute approximate surface area is 186 Å². The molecule has 4 rings (SSSR count). The van der Waals surface area contributed by atoms with Gasteiger partial charge in [0.05, 0.1) is 11.1 Å². The van der Waals surface area contributed by atoms with Crippen molar-refractivity contribution in [3.63, 3.8) is 0 Å². The molecule has 0 spiro atoms. The minimum Gasteiger partial charge on any atom is -0.444 e. The van der Waals surface area contributed by atoms with Gasteiger partial charge in [-0.05, 0) is 57.7 Å². The lowest BCUT2D eigenvalue weighted by Gasteiger charge is -2.24. The van der Waals surface area contributed by atoms with E-state index in [4.69, 9.17) is 4.74 Å². The highest BCUT2D eigenvalue weighted by atomic mass is 19.1. The van der Waals surface area contributed by atoms with E-state index in [2.05, 4.69) is 27.2 Å². The maximum absolute atomic E-state index is 13.8. The molecular weight excluding hydrogens is 416 g/mol. The highest BCUT2D eigenvalue weighted by Crippen LogP contribution is 2.26. The number of fused-ring (bicyclic) bond motifs is 1. The molecule has 0 bridgehead atoms. The van der Waals surface area contributed by atoms with E-state index in [9.17, 15) is 13.6 Å². The molecule has 1 saturated heterocycles. The van der Waals surface area contributed by atoms with Crippen LogP contribution in [0.2, 0.25) is 0 Å². The molecule has 0 aliphatic carbocycles. The Bertz CT molecular complexity index is 1090. The van der Waals surface area contributed by atoms with E-state index in [-0.39, 0.29) is 28.6 Å². The molecule has 0 radical (unpaired) electrons. The van der Waals surface area contributed by atoms with Crippen molar-refractivity contribution >= 4 is 28.6 Å². The van der Waals surface area contributed by atoms with E-state index in [0.717, 1.165) is 25.1 Å². The van der Waals surface area contributed by atoms with Crippen LogP contribution < -0.4 is 5.32 Å². The van der Waals surface area contributed by atoms with E-state index in [0.29, 0.717) is 11.6 Å². The highest BCUT2D eigenvalue weighted by Gasteiger charge is 2.27. The van der Waals surface area contributed by atoms with Crippen molar-refractivity contribution in [3.05, 3.63) is 47.9 Å². The van der Waals surface area contributed by atoms with Gasteiger partial charge in [-0.15, -0.1) is 0 Å². The second kappa shape index (κ2) is 9.50. The number of hydrogen-bond acceptors (Lipinski definition) is 5. The summed E-state index contributed by atoms with van der Waals surface area (Å²) in [5.41, 5.74) is 1.04. The fourth-order valence-corrected chi connectivity index (χ4v) is 3.30. The summed E-state index contributed by atoms with van der Waals surface area (Å²) >= 11 is 0. The maximum atomic E-state index is 13.8. The maximum Gasteiger partial charge on any atom is 0.410 e. The number of ether oxygens (including phenoxy) is 1. The van der Waals surface area contributed by atoms with Gasteiger partial charge in [0.1, 0.15) is 29.2 Å². The topological polar surface area (TPSA) is 83.1 Å². The molecule has 7 nitrogen and oxygen atoms in total. The number of amides is 1. The zero-order chi connectivity index (χ0) is 23.5. The van der Waals surface area contributed by atoms with E-state index in [1.165, 1.54) is 18.6 Å². The van der Waals surface area contributed by atoms with Gasteiger partial charge in [0.15, 0.2) is 5.82 Å². The van der Waals surface area contributed by atoms with Gasteiger partial charge in [0.25, 0.3) is 0 Å². The van der Waals surface area contributed by atoms with Crippen LogP contribution in [0.25, 0.3) is 11.0 Å². The highest BCUT2D eigenvalue weighted by molar-refractivity contribution is 5.89. The Hall–Kier alpha value is -3.23. The van der Waals surface area contributed by atoms with E-state index >= 15 is 0 Å². The van der Waals surface area contributed by atoms with Gasteiger partial charge < -0.3 is 19.9 Å². The van der Waals surface area contributed by atoms with Gasteiger partial charge in [0, 0.05) is 19.3 Å². The van der Waals surface area contributed by atoms with Crippen molar-refractivity contribution < 1.29 is 18.3 Å². The first kappa shape index (κ1) is 23.4.